The molecular formula is C26H32F5N5O3S. The molecule has 8 nitrogen and oxygen atoms in total. The van der Waals surface area contributed by atoms with Gasteiger partial charge in [0, 0.05) is 29.9 Å². The number of pyridine rings is 1. The molecule has 0 spiro atoms. The van der Waals surface area contributed by atoms with Crippen molar-refractivity contribution in [3.05, 3.63) is 28.5 Å². The minimum atomic E-state index is -4.58. The van der Waals surface area contributed by atoms with Crippen molar-refractivity contribution in [3.8, 4) is 10.4 Å². The van der Waals surface area contributed by atoms with Gasteiger partial charge in [-0.15, -0.1) is 11.3 Å². The molecule has 3 heterocycles. The van der Waals surface area contributed by atoms with Gasteiger partial charge in [-0.2, -0.15) is 13.2 Å². The van der Waals surface area contributed by atoms with E-state index in [1.165, 1.54) is 13.8 Å². The fraction of sp³-hybridized carbons (Fsp3) is 0.615. The van der Waals surface area contributed by atoms with Gasteiger partial charge < -0.3 is 20.6 Å². The lowest BCUT2D eigenvalue weighted by atomic mass is 10.0. The molecule has 0 bridgehead atoms. The number of hydrogen-bond donors (Lipinski definition) is 3. The van der Waals surface area contributed by atoms with Gasteiger partial charge in [-0.3, -0.25) is 9.59 Å². The smallest absolute Gasteiger partial charge is 0.388 e. The first kappa shape index (κ1) is 30.1. The number of aromatic nitrogens is 2. The number of anilines is 1. The molecule has 4 rings (SSSR count). The van der Waals surface area contributed by atoms with E-state index in [-0.39, 0.29) is 33.0 Å². The molecule has 1 saturated heterocycles. The second-order valence-electron chi connectivity index (χ2n) is 11.0. The van der Waals surface area contributed by atoms with Gasteiger partial charge in [0.25, 0.3) is 18.2 Å². The standard InChI is InChI=1S/C26H32F5N5O3S/c1-12-6-5-9-36(12)24(38)18-19(40-23(35-18)22(37)33-13(2)25(3,4)39)16-11-32-17(10-15(16)21(27)28)34-20(14-7-8-14)26(29,30)31/h10-14,20-21,39H,5-9H2,1-4H3,(H,32,34)(H,33,37)/t12-,13+,20+/m0/s1. The van der Waals surface area contributed by atoms with E-state index in [9.17, 15) is 36.6 Å². The maximum atomic E-state index is 14.3. The number of nitrogens with one attached hydrogen (secondary N) is 2. The van der Waals surface area contributed by atoms with E-state index < -0.39 is 53.6 Å². The summed E-state index contributed by atoms with van der Waals surface area (Å²) in [6.45, 7) is 6.84. The zero-order valence-electron chi connectivity index (χ0n) is 22.5. The fourth-order valence-electron chi connectivity index (χ4n) is 4.53. The third-order valence-corrected chi connectivity index (χ3v) is 8.50. The Bertz CT molecular complexity index is 1260. The highest BCUT2D eigenvalue weighted by atomic mass is 32.1. The Morgan fingerprint density at radius 2 is 1.88 bits per heavy atom. The minimum absolute atomic E-state index is 0.0333. The Balaban J connectivity index is 1.75. The van der Waals surface area contributed by atoms with Crippen LogP contribution in [0.2, 0.25) is 0 Å². The molecule has 220 valence electrons. The van der Waals surface area contributed by atoms with Crippen molar-refractivity contribution in [2.45, 2.75) is 89.7 Å². The number of likely N-dealkylation sites (tertiary alicyclic amines) is 1. The van der Waals surface area contributed by atoms with E-state index in [1.54, 1.807) is 11.8 Å². The molecule has 40 heavy (non-hydrogen) atoms. The highest BCUT2D eigenvalue weighted by Crippen LogP contribution is 2.43. The van der Waals surface area contributed by atoms with Crippen LogP contribution in [0.25, 0.3) is 10.4 Å². The largest absolute Gasteiger partial charge is 0.408 e. The van der Waals surface area contributed by atoms with Crippen LogP contribution in [0.1, 0.15) is 85.7 Å². The van der Waals surface area contributed by atoms with Crippen LogP contribution >= 0.6 is 11.3 Å². The number of carbonyl (C=O) groups is 2. The first-order valence-corrected chi connectivity index (χ1v) is 13.9. The number of alkyl halides is 5. The average molecular weight is 590 g/mol. The SMILES string of the molecule is C[C@H]1CCCN1C(=O)c1nc(C(=O)N[C@H](C)C(C)(C)O)sc1-c1cnc(N[C@H](C2CC2)C(F)(F)F)cc1C(F)F. The van der Waals surface area contributed by atoms with Gasteiger partial charge in [0.15, 0.2) is 5.01 Å². The molecule has 2 aliphatic rings. The summed E-state index contributed by atoms with van der Waals surface area (Å²) in [7, 11) is 0. The number of hydrogen-bond acceptors (Lipinski definition) is 7. The maximum Gasteiger partial charge on any atom is 0.408 e. The van der Waals surface area contributed by atoms with Crippen LogP contribution in [-0.4, -0.2) is 68.2 Å². The molecule has 2 amide bonds. The van der Waals surface area contributed by atoms with Crippen molar-refractivity contribution in [1.29, 1.82) is 0 Å². The van der Waals surface area contributed by atoms with Crippen LogP contribution in [0.15, 0.2) is 12.3 Å². The van der Waals surface area contributed by atoms with Crippen molar-refractivity contribution < 1.29 is 36.6 Å². The minimum Gasteiger partial charge on any atom is -0.388 e. The summed E-state index contributed by atoms with van der Waals surface area (Å²) in [5, 5.41) is 14.9. The number of thiazole rings is 1. The maximum absolute atomic E-state index is 14.3. The van der Waals surface area contributed by atoms with Gasteiger partial charge in [-0.05, 0) is 65.4 Å². The number of halogens is 5. The topological polar surface area (TPSA) is 107 Å². The molecule has 1 aliphatic carbocycles. The Kier molecular flexibility index (Phi) is 8.42. The molecule has 0 radical (unpaired) electrons. The van der Waals surface area contributed by atoms with Crippen molar-refractivity contribution in [2.75, 3.05) is 11.9 Å². The summed E-state index contributed by atoms with van der Waals surface area (Å²) < 4.78 is 69.2. The quantitative estimate of drug-likeness (QED) is 0.338. The Hall–Kier alpha value is -2.87. The molecule has 2 aromatic rings. The molecule has 2 fully saturated rings. The predicted octanol–water partition coefficient (Wildman–Crippen LogP) is 5.41. The normalized spacial score (nSPS) is 19.6. The predicted molar refractivity (Wildman–Crippen MR) is 139 cm³/mol. The van der Waals surface area contributed by atoms with E-state index in [1.807, 2.05) is 6.92 Å². The molecule has 3 N–H and O–H groups in total. The zero-order chi connectivity index (χ0) is 29.6. The van der Waals surface area contributed by atoms with Gasteiger partial charge in [-0.1, -0.05) is 0 Å². The van der Waals surface area contributed by atoms with Crippen LogP contribution in [0.3, 0.4) is 0 Å². The summed E-state index contributed by atoms with van der Waals surface area (Å²) in [4.78, 5) is 36.2. The first-order chi connectivity index (χ1) is 18.6. The summed E-state index contributed by atoms with van der Waals surface area (Å²) in [5.41, 5.74) is -2.32. The monoisotopic (exact) mass is 589 g/mol. The lowest BCUT2D eigenvalue weighted by Crippen LogP contribution is -2.47. The van der Waals surface area contributed by atoms with E-state index in [2.05, 4.69) is 20.6 Å². The second kappa shape index (κ2) is 11.2. The van der Waals surface area contributed by atoms with Crippen LogP contribution in [0.4, 0.5) is 27.8 Å². The lowest BCUT2D eigenvalue weighted by molar-refractivity contribution is -0.146. The number of carbonyl (C=O) groups excluding carboxylic acids is 2. The van der Waals surface area contributed by atoms with Crippen LogP contribution < -0.4 is 10.6 Å². The van der Waals surface area contributed by atoms with E-state index >= 15 is 0 Å². The van der Waals surface area contributed by atoms with E-state index in [4.69, 9.17) is 0 Å². The van der Waals surface area contributed by atoms with Gasteiger partial charge in [0.05, 0.1) is 16.5 Å². The molecule has 2 aromatic heterocycles. The lowest BCUT2D eigenvalue weighted by Gasteiger charge is -2.26. The molecular weight excluding hydrogens is 557 g/mol. The van der Waals surface area contributed by atoms with Crippen molar-refractivity contribution in [3.63, 3.8) is 0 Å². The van der Waals surface area contributed by atoms with E-state index in [0.29, 0.717) is 30.7 Å². The van der Waals surface area contributed by atoms with Crippen LogP contribution in [0.5, 0.6) is 0 Å². The molecule has 14 heteroatoms. The zero-order valence-corrected chi connectivity index (χ0v) is 23.3. The molecule has 0 aromatic carbocycles. The summed E-state index contributed by atoms with van der Waals surface area (Å²) in [5.74, 6) is -2.27. The van der Waals surface area contributed by atoms with Crippen molar-refractivity contribution >= 4 is 29.0 Å². The number of amides is 2. The van der Waals surface area contributed by atoms with Gasteiger partial charge >= 0.3 is 6.18 Å². The average Bonchev–Trinajstić information content (AvgIpc) is 3.43. The number of nitrogens with zero attached hydrogens (tertiary/aromatic N) is 3. The Labute approximate surface area is 232 Å². The third-order valence-electron chi connectivity index (χ3n) is 7.41. The van der Waals surface area contributed by atoms with Crippen molar-refractivity contribution in [2.24, 2.45) is 5.92 Å². The van der Waals surface area contributed by atoms with Gasteiger partial charge in [0.2, 0.25) is 0 Å². The summed E-state index contributed by atoms with van der Waals surface area (Å²) in [6, 6.07) is -1.90. The van der Waals surface area contributed by atoms with Crippen LogP contribution in [-0.2, 0) is 0 Å². The fourth-order valence-corrected chi connectivity index (χ4v) is 5.52. The molecule has 1 aliphatic heterocycles. The summed E-state index contributed by atoms with van der Waals surface area (Å²) >= 11 is 0.706. The highest BCUT2D eigenvalue weighted by molar-refractivity contribution is 7.17. The number of rotatable bonds is 9. The van der Waals surface area contributed by atoms with E-state index in [0.717, 1.165) is 25.1 Å². The molecule has 0 unspecified atom stereocenters. The Morgan fingerprint density at radius 3 is 2.40 bits per heavy atom. The summed E-state index contributed by atoms with van der Waals surface area (Å²) in [6.07, 6.45) is -4.49. The Morgan fingerprint density at radius 1 is 1.20 bits per heavy atom. The highest BCUT2D eigenvalue weighted by Gasteiger charge is 2.49. The first-order valence-electron chi connectivity index (χ1n) is 13.0. The van der Waals surface area contributed by atoms with Crippen molar-refractivity contribution in [1.82, 2.24) is 20.2 Å². The molecule has 3 atom stereocenters. The number of aliphatic hydroxyl groups is 1. The van der Waals surface area contributed by atoms with Gasteiger partial charge in [0.1, 0.15) is 17.6 Å². The third kappa shape index (κ3) is 6.54. The second-order valence-corrected chi connectivity index (χ2v) is 12.0. The van der Waals surface area contributed by atoms with Crippen LogP contribution in [0, 0.1) is 5.92 Å². The van der Waals surface area contributed by atoms with Gasteiger partial charge in [-0.25, -0.2) is 18.7 Å². The molecule has 1 saturated carbocycles.